The van der Waals surface area contributed by atoms with Crippen molar-refractivity contribution in [3.8, 4) is 11.5 Å². The molecule has 0 aliphatic carbocycles. The third-order valence-corrected chi connectivity index (χ3v) is 4.11. The third kappa shape index (κ3) is 2.63. The zero-order valence-corrected chi connectivity index (χ0v) is 11.5. The number of ether oxygens (including phenoxy) is 2. The van der Waals surface area contributed by atoms with Gasteiger partial charge in [0.25, 0.3) is 0 Å². The van der Waals surface area contributed by atoms with Crippen LogP contribution in [0.1, 0.15) is 5.56 Å². The summed E-state index contributed by atoms with van der Waals surface area (Å²) >= 11 is 1.70. The molecule has 0 spiro atoms. The Bertz CT molecular complexity index is 613. The maximum atomic E-state index is 5.77. The minimum Gasteiger partial charge on any atom is -0.486 e. The number of rotatable bonds is 2. The number of nitrogen functional groups attached to an aromatic ring is 1. The summed E-state index contributed by atoms with van der Waals surface area (Å²) in [6.07, 6.45) is 0. The van der Waals surface area contributed by atoms with Crippen molar-refractivity contribution in [1.29, 1.82) is 0 Å². The average Bonchev–Trinajstić information content (AvgIpc) is 2.42. The molecular weight excluding hydrogens is 258 g/mol. The van der Waals surface area contributed by atoms with Crippen LogP contribution < -0.4 is 15.2 Å². The molecule has 0 bridgehead atoms. The van der Waals surface area contributed by atoms with Gasteiger partial charge in [-0.3, -0.25) is 0 Å². The molecule has 19 heavy (non-hydrogen) atoms. The van der Waals surface area contributed by atoms with Crippen LogP contribution in [0.25, 0.3) is 0 Å². The first kappa shape index (κ1) is 12.2. The fourth-order valence-electron chi connectivity index (χ4n) is 2.00. The highest BCUT2D eigenvalue weighted by molar-refractivity contribution is 7.99. The van der Waals surface area contributed by atoms with E-state index in [-0.39, 0.29) is 0 Å². The first-order valence-electron chi connectivity index (χ1n) is 6.16. The van der Waals surface area contributed by atoms with Gasteiger partial charge in [0.1, 0.15) is 13.2 Å². The van der Waals surface area contributed by atoms with Crippen molar-refractivity contribution in [3.63, 3.8) is 0 Å². The van der Waals surface area contributed by atoms with Gasteiger partial charge in [0.05, 0.1) is 0 Å². The van der Waals surface area contributed by atoms with E-state index in [1.165, 1.54) is 10.5 Å². The molecule has 2 aromatic rings. The van der Waals surface area contributed by atoms with Crippen LogP contribution in [0.4, 0.5) is 5.69 Å². The molecule has 1 aliphatic rings. The van der Waals surface area contributed by atoms with Crippen LogP contribution in [0.3, 0.4) is 0 Å². The standard InChI is InChI=1S/C15H15NO2S/c1-10-8-11(16)2-5-15(10)19-12-3-4-13-14(9-12)18-7-6-17-13/h2-5,8-9H,6-7,16H2,1H3. The molecule has 0 fully saturated rings. The van der Waals surface area contributed by atoms with Gasteiger partial charge in [-0.25, -0.2) is 0 Å². The molecule has 0 unspecified atom stereocenters. The van der Waals surface area contributed by atoms with Gasteiger partial charge in [-0.15, -0.1) is 0 Å². The van der Waals surface area contributed by atoms with E-state index in [1.54, 1.807) is 11.8 Å². The summed E-state index contributed by atoms with van der Waals surface area (Å²) < 4.78 is 11.1. The van der Waals surface area contributed by atoms with Crippen LogP contribution in [0.15, 0.2) is 46.2 Å². The van der Waals surface area contributed by atoms with Crippen LogP contribution in [-0.2, 0) is 0 Å². The van der Waals surface area contributed by atoms with Gasteiger partial charge in [-0.2, -0.15) is 0 Å². The molecule has 4 heteroatoms. The van der Waals surface area contributed by atoms with E-state index in [1.807, 2.05) is 36.4 Å². The highest BCUT2D eigenvalue weighted by Crippen LogP contribution is 2.37. The Morgan fingerprint density at radius 1 is 1.00 bits per heavy atom. The predicted octanol–water partition coefficient (Wildman–Crippen LogP) is 3.50. The largest absolute Gasteiger partial charge is 0.486 e. The lowest BCUT2D eigenvalue weighted by Gasteiger charge is -2.18. The second kappa shape index (κ2) is 5.05. The highest BCUT2D eigenvalue weighted by atomic mass is 32.2. The number of anilines is 1. The van der Waals surface area contributed by atoms with Crippen LogP contribution >= 0.6 is 11.8 Å². The number of fused-ring (bicyclic) bond motifs is 1. The minimum atomic E-state index is 0.613. The smallest absolute Gasteiger partial charge is 0.162 e. The Balaban J connectivity index is 1.87. The van der Waals surface area contributed by atoms with Crippen molar-refractivity contribution in [2.24, 2.45) is 0 Å². The maximum absolute atomic E-state index is 5.77. The van der Waals surface area contributed by atoms with Crippen molar-refractivity contribution in [3.05, 3.63) is 42.0 Å². The summed E-state index contributed by atoms with van der Waals surface area (Å²) in [5.74, 6) is 1.65. The summed E-state index contributed by atoms with van der Waals surface area (Å²) in [6, 6.07) is 12.0. The third-order valence-electron chi connectivity index (χ3n) is 2.94. The van der Waals surface area contributed by atoms with E-state index < -0.39 is 0 Å². The predicted molar refractivity (Wildman–Crippen MR) is 77.1 cm³/mol. The van der Waals surface area contributed by atoms with Crippen LogP contribution in [-0.4, -0.2) is 13.2 Å². The van der Waals surface area contributed by atoms with Crippen molar-refractivity contribution < 1.29 is 9.47 Å². The summed E-state index contributed by atoms with van der Waals surface area (Å²) in [7, 11) is 0. The monoisotopic (exact) mass is 273 g/mol. The lowest BCUT2D eigenvalue weighted by Crippen LogP contribution is -2.15. The Kier molecular flexibility index (Phi) is 3.25. The highest BCUT2D eigenvalue weighted by Gasteiger charge is 2.12. The van der Waals surface area contributed by atoms with E-state index in [0.29, 0.717) is 13.2 Å². The Morgan fingerprint density at radius 2 is 1.79 bits per heavy atom. The van der Waals surface area contributed by atoms with Crippen LogP contribution in [0.2, 0.25) is 0 Å². The van der Waals surface area contributed by atoms with Crippen molar-refractivity contribution in [2.75, 3.05) is 18.9 Å². The normalized spacial score (nSPS) is 13.3. The summed E-state index contributed by atoms with van der Waals surface area (Å²) in [5.41, 5.74) is 7.74. The molecule has 0 saturated carbocycles. The Labute approximate surface area is 116 Å². The summed E-state index contributed by atoms with van der Waals surface area (Å²) in [6.45, 7) is 3.30. The van der Waals surface area contributed by atoms with E-state index in [0.717, 1.165) is 22.1 Å². The van der Waals surface area contributed by atoms with Crippen LogP contribution in [0.5, 0.6) is 11.5 Å². The van der Waals surface area contributed by atoms with E-state index in [2.05, 4.69) is 6.92 Å². The topological polar surface area (TPSA) is 44.5 Å². The Morgan fingerprint density at radius 3 is 2.58 bits per heavy atom. The number of nitrogens with two attached hydrogens (primary N) is 1. The van der Waals surface area contributed by atoms with Gasteiger partial charge in [-0.05, 0) is 48.9 Å². The van der Waals surface area contributed by atoms with Gasteiger partial charge in [0.2, 0.25) is 0 Å². The first-order chi connectivity index (χ1) is 9.22. The van der Waals surface area contributed by atoms with Crippen LogP contribution in [0, 0.1) is 6.92 Å². The second-order valence-corrected chi connectivity index (χ2v) is 5.55. The molecule has 3 nitrogen and oxygen atoms in total. The second-order valence-electron chi connectivity index (χ2n) is 4.43. The number of aryl methyl sites for hydroxylation is 1. The van der Waals surface area contributed by atoms with Gasteiger partial charge in [0, 0.05) is 15.5 Å². The van der Waals surface area contributed by atoms with Gasteiger partial charge < -0.3 is 15.2 Å². The molecule has 1 aliphatic heterocycles. The zero-order chi connectivity index (χ0) is 13.2. The fraction of sp³-hybridized carbons (Fsp3) is 0.200. The molecule has 1 heterocycles. The zero-order valence-electron chi connectivity index (χ0n) is 10.7. The lowest BCUT2D eigenvalue weighted by molar-refractivity contribution is 0.171. The molecule has 0 amide bonds. The Hall–Kier alpha value is -1.81. The maximum Gasteiger partial charge on any atom is 0.162 e. The molecule has 0 atom stereocenters. The van der Waals surface area contributed by atoms with Crippen molar-refractivity contribution in [2.45, 2.75) is 16.7 Å². The van der Waals surface area contributed by atoms with Crippen molar-refractivity contribution in [1.82, 2.24) is 0 Å². The SMILES string of the molecule is Cc1cc(N)ccc1Sc1ccc2c(c1)OCCO2. The van der Waals surface area contributed by atoms with E-state index in [4.69, 9.17) is 15.2 Å². The molecule has 0 aromatic heterocycles. The number of hydrogen-bond acceptors (Lipinski definition) is 4. The molecule has 2 aromatic carbocycles. The molecule has 0 radical (unpaired) electrons. The fourth-order valence-corrected chi connectivity index (χ4v) is 2.91. The molecule has 0 saturated heterocycles. The first-order valence-corrected chi connectivity index (χ1v) is 6.98. The molecule has 3 rings (SSSR count). The number of hydrogen-bond donors (Lipinski definition) is 1. The quantitative estimate of drug-likeness (QED) is 0.851. The van der Waals surface area contributed by atoms with E-state index >= 15 is 0 Å². The average molecular weight is 273 g/mol. The molecular formula is C15H15NO2S. The van der Waals surface area contributed by atoms with Gasteiger partial charge >= 0.3 is 0 Å². The minimum absolute atomic E-state index is 0.613. The number of benzene rings is 2. The summed E-state index contributed by atoms with van der Waals surface area (Å²) in [4.78, 5) is 2.34. The van der Waals surface area contributed by atoms with E-state index in [9.17, 15) is 0 Å². The molecule has 98 valence electrons. The lowest BCUT2D eigenvalue weighted by atomic mass is 10.2. The van der Waals surface area contributed by atoms with Crippen molar-refractivity contribution >= 4 is 17.4 Å². The van der Waals surface area contributed by atoms with Gasteiger partial charge in [-0.1, -0.05) is 11.8 Å². The van der Waals surface area contributed by atoms with Gasteiger partial charge in [0.15, 0.2) is 11.5 Å². The summed E-state index contributed by atoms with van der Waals surface area (Å²) in [5, 5.41) is 0. The molecule has 2 N–H and O–H groups in total.